The van der Waals surface area contributed by atoms with E-state index in [0.717, 1.165) is 12.8 Å². The summed E-state index contributed by atoms with van der Waals surface area (Å²) in [6.45, 7) is 4.38. The third-order valence-electron chi connectivity index (χ3n) is 4.69. The summed E-state index contributed by atoms with van der Waals surface area (Å²) in [6.07, 6.45) is 8.64. The zero-order chi connectivity index (χ0) is 17.1. The molecule has 132 valence electrons. The van der Waals surface area contributed by atoms with Gasteiger partial charge in [-0.2, -0.15) is 0 Å². The van der Waals surface area contributed by atoms with E-state index in [1.54, 1.807) is 21.3 Å². The van der Waals surface area contributed by atoms with Gasteiger partial charge in [0.2, 0.25) is 0 Å². The van der Waals surface area contributed by atoms with Crippen LogP contribution in [-0.4, -0.2) is 27.3 Å². The second-order valence-corrected chi connectivity index (χ2v) is 6.18. The van der Waals surface area contributed by atoms with Crippen molar-refractivity contribution in [1.29, 1.82) is 0 Å². The standard InChI is InChI=1S/C20H34O3/c1-6-7-8-9-10-11-16-19(20(21-3,22-4)23-5)18-15-13-12-14-17(18)2/h12-15,19H,6-11,16H2,1-5H3. The van der Waals surface area contributed by atoms with Crippen molar-refractivity contribution in [2.24, 2.45) is 0 Å². The highest BCUT2D eigenvalue weighted by Gasteiger charge is 2.41. The monoisotopic (exact) mass is 322 g/mol. The highest BCUT2D eigenvalue weighted by Crippen LogP contribution is 2.38. The number of unbranched alkanes of at least 4 members (excludes halogenated alkanes) is 5. The number of hydrogen-bond acceptors (Lipinski definition) is 3. The molecular formula is C20H34O3. The van der Waals surface area contributed by atoms with E-state index in [0.29, 0.717) is 0 Å². The van der Waals surface area contributed by atoms with Gasteiger partial charge in [0.25, 0.3) is 5.97 Å². The Labute approximate surface area is 142 Å². The minimum Gasteiger partial charge on any atom is -0.330 e. The van der Waals surface area contributed by atoms with Crippen LogP contribution >= 0.6 is 0 Å². The van der Waals surface area contributed by atoms with Crippen LogP contribution in [0.15, 0.2) is 24.3 Å². The van der Waals surface area contributed by atoms with Crippen LogP contribution in [0.1, 0.15) is 68.9 Å². The van der Waals surface area contributed by atoms with Gasteiger partial charge in [-0.25, -0.2) is 0 Å². The quantitative estimate of drug-likeness (QED) is 0.380. The second-order valence-electron chi connectivity index (χ2n) is 6.18. The maximum Gasteiger partial charge on any atom is 0.289 e. The number of rotatable bonds is 12. The van der Waals surface area contributed by atoms with E-state index in [4.69, 9.17) is 14.2 Å². The summed E-state index contributed by atoms with van der Waals surface area (Å²) < 4.78 is 17.0. The van der Waals surface area contributed by atoms with E-state index < -0.39 is 5.97 Å². The van der Waals surface area contributed by atoms with E-state index in [2.05, 4.69) is 38.1 Å². The first-order chi connectivity index (χ1) is 11.1. The first kappa shape index (κ1) is 20.1. The Bertz CT molecular complexity index is 418. The fourth-order valence-electron chi connectivity index (χ4n) is 3.31. The zero-order valence-corrected chi connectivity index (χ0v) is 15.6. The lowest BCUT2D eigenvalue weighted by molar-refractivity contribution is -0.365. The van der Waals surface area contributed by atoms with Crippen LogP contribution in [0.25, 0.3) is 0 Å². The molecule has 0 aliphatic heterocycles. The lowest BCUT2D eigenvalue weighted by Crippen LogP contribution is -2.42. The lowest BCUT2D eigenvalue weighted by atomic mass is 9.87. The van der Waals surface area contributed by atoms with Crippen LogP contribution in [0.4, 0.5) is 0 Å². The van der Waals surface area contributed by atoms with Crippen LogP contribution in [-0.2, 0) is 14.2 Å². The first-order valence-electron chi connectivity index (χ1n) is 8.86. The Morgan fingerprint density at radius 3 is 2.00 bits per heavy atom. The van der Waals surface area contributed by atoms with Gasteiger partial charge < -0.3 is 14.2 Å². The maximum atomic E-state index is 5.66. The molecule has 1 aromatic rings. The predicted octanol–water partition coefficient (Wildman–Crippen LogP) is 5.42. The second kappa shape index (κ2) is 10.8. The molecule has 3 nitrogen and oxygen atoms in total. The molecule has 1 aromatic carbocycles. The fourth-order valence-corrected chi connectivity index (χ4v) is 3.31. The van der Waals surface area contributed by atoms with Gasteiger partial charge in [0.15, 0.2) is 0 Å². The van der Waals surface area contributed by atoms with Crippen molar-refractivity contribution in [2.75, 3.05) is 21.3 Å². The minimum absolute atomic E-state index is 0.0647. The van der Waals surface area contributed by atoms with Gasteiger partial charge in [-0.1, -0.05) is 69.7 Å². The summed E-state index contributed by atoms with van der Waals surface area (Å²) >= 11 is 0. The van der Waals surface area contributed by atoms with Gasteiger partial charge >= 0.3 is 0 Å². The smallest absolute Gasteiger partial charge is 0.289 e. The third kappa shape index (κ3) is 5.59. The highest BCUT2D eigenvalue weighted by molar-refractivity contribution is 5.30. The van der Waals surface area contributed by atoms with Crippen molar-refractivity contribution < 1.29 is 14.2 Å². The van der Waals surface area contributed by atoms with Crippen molar-refractivity contribution in [3.05, 3.63) is 35.4 Å². The van der Waals surface area contributed by atoms with Crippen LogP contribution < -0.4 is 0 Å². The van der Waals surface area contributed by atoms with Gasteiger partial charge in [0.05, 0.1) is 5.92 Å². The molecule has 0 aliphatic carbocycles. The molecule has 0 fully saturated rings. The molecular weight excluding hydrogens is 288 g/mol. The number of hydrogen-bond donors (Lipinski definition) is 0. The van der Waals surface area contributed by atoms with E-state index in [-0.39, 0.29) is 5.92 Å². The highest BCUT2D eigenvalue weighted by atomic mass is 16.9. The SMILES string of the molecule is CCCCCCCCC(c1ccccc1C)C(OC)(OC)OC. The number of ether oxygens (including phenoxy) is 3. The molecule has 0 heterocycles. The Kier molecular flexibility index (Phi) is 9.46. The topological polar surface area (TPSA) is 27.7 Å². The van der Waals surface area contributed by atoms with Crippen LogP contribution in [0, 0.1) is 6.92 Å². The fraction of sp³-hybridized carbons (Fsp3) is 0.700. The van der Waals surface area contributed by atoms with Crippen molar-refractivity contribution >= 4 is 0 Å². The third-order valence-corrected chi connectivity index (χ3v) is 4.69. The Balaban J connectivity index is 2.83. The number of methoxy groups -OCH3 is 3. The summed E-state index contributed by atoms with van der Waals surface area (Å²) in [5.74, 6) is -0.954. The average Bonchev–Trinajstić information content (AvgIpc) is 2.58. The van der Waals surface area contributed by atoms with Crippen molar-refractivity contribution in [3.63, 3.8) is 0 Å². The average molecular weight is 322 g/mol. The van der Waals surface area contributed by atoms with Gasteiger partial charge in [-0.3, -0.25) is 0 Å². The Morgan fingerprint density at radius 2 is 1.43 bits per heavy atom. The zero-order valence-electron chi connectivity index (χ0n) is 15.6. The Morgan fingerprint density at radius 1 is 0.870 bits per heavy atom. The molecule has 0 aromatic heterocycles. The summed E-state index contributed by atoms with van der Waals surface area (Å²) in [4.78, 5) is 0. The summed E-state index contributed by atoms with van der Waals surface area (Å²) in [5.41, 5.74) is 2.49. The van der Waals surface area contributed by atoms with E-state index in [9.17, 15) is 0 Å². The van der Waals surface area contributed by atoms with Crippen LogP contribution in [0.5, 0.6) is 0 Å². The molecule has 0 spiro atoms. The molecule has 0 saturated heterocycles. The van der Waals surface area contributed by atoms with E-state index >= 15 is 0 Å². The molecule has 3 heteroatoms. The molecule has 1 rings (SSSR count). The molecule has 0 bridgehead atoms. The summed E-state index contributed by atoms with van der Waals surface area (Å²) in [7, 11) is 4.96. The molecule has 0 saturated carbocycles. The van der Waals surface area contributed by atoms with Crippen LogP contribution in [0.2, 0.25) is 0 Å². The Hall–Kier alpha value is -0.900. The molecule has 0 N–H and O–H groups in total. The number of benzene rings is 1. The molecule has 1 atom stereocenters. The van der Waals surface area contributed by atoms with Crippen molar-refractivity contribution in [2.45, 2.75) is 70.7 Å². The number of aryl methyl sites for hydroxylation is 1. The largest absolute Gasteiger partial charge is 0.330 e. The van der Waals surface area contributed by atoms with Gasteiger partial charge in [0, 0.05) is 21.3 Å². The van der Waals surface area contributed by atoms with Crippen LogP contribution in [0.3, 0.4) is 0 Å². The van der Waals surface area contributed by atoms with Gasteiger partial charge in [-0.05, 0) is 24.5 Å². The van der Waals surface area contributed by atoms with E-state index in [1.807, 2.05) is 0 Å². The van der Waals surface area contributed by atoms with Crippen molar-refractivity contribution in [1.82, 2.24) is 0 Å². The lowest BCUT2D eigenvalue weighted by Gasteiger charge is -2.37. The van der Waals surface area contributed by atoms with Crippen molar-refractivity contribution in [3.8, 4) is 0 Å². The first-order valence-corrected chi connectivity index (χ1v) is 8.86. The molecule has 0 aliphatic rings. The molecule has 0 radical (unpaired) electrons. The maximum absolute atomic E-state index is 5.66. The molecule has 1 unspecified atom stereocenters. The molecule has 0 amide bonds. The molecule has 23 heavy (non-hydrogen) atoms. The predicted molar refractivity (Wildman–Crippen MR) is 95.7 cm³/mol. The normalized spacial score (nSPS) is 13.3. The minimum atomic E-state index is -1.02. The van der Waals surface area contributed by atoms with Gasteiger partial charge in [-0.15, -0.1) is 0 Å². The summed E-state index contributed by atoms with van der Waals surface area (Å²) in [5, 5.41) is 0. The van der Waals surface area contributed by atoms with E-state index in [1.165, 1.54) is 43.2 Å². The van der Waals surface area contributed by atoms with Gasteiger partial charge in [0.1, 0.15) is 0 Å². The summed E-state index contributed by atoms with van der Waals surface area (Å²) in [6, 6.07) is 8.43.